The lowest BCUT2D eigenvalue weighted by Gasteiger charge is -2.23. The van der Waals surface area contributed by atoms with Crippen molar-refractivity contribution in [3.63, 3.8) is 0 Å². The third kappa shape index (κ3) is 3.95. The molecule has 35 heavy (non-hydrogen) atoms. The molecule has 0 aliphatic carbocycles. The molecule has 0 saturated heterocycles. The number of benzene rings is 4. The van der Waals surface area contributed by atoms with E-state index in [0.29, 0.717) is 10.7 Å². The normalized spacial score (nSPS) is 17.0. The number of nitro groups is 1. The molecule has 7 nitrogen and oxygen atoms in total. The molecule has 8 heteroatoms. The van der Waals surface area contributed by atoms with E-state index in [0.717, 1.165) is 22.4 Å². The monoisotopic (exact) mass is 486 g/mol. The zero-order valence-corrected chi connectivity index (χ0v) is 19.1. The Hall–Kier alpha value is -4.07. The third-order valence-corrected chi connectivity index (χ3v) is 6.53. The molecule has 0 bridgehead atoms. The second-order valence-corrected chi connectivity index (χ2v) is 8.90. The van der Waals surface area contributed by atoms with E-state index in [1.54, 1.807) is 12.1 Å². The van der Waals surface area contributed by atoms with E-state index in [-0.39, 0.29) is 23.4 Å². The number of hydrogen-bond donors (Lipinski definition) is 1. The first kappa shape index (κ1) is 22.7. The summed E-state index contributed by atoms with van der Waals surface area (Å²) in [6.07, 6.45) is -0.577. The zero-order chi connectivity index (χ0) is 24.7. The maximum absolute atomic E-state index is 13.7. The summed E-state index contributed by atoms with van der Waals surface area (Å²) in [6.45, 7) is 0.183. The Morgan fingerprint density at radius 3 is 2.54 bits per heavy atom. The molecule has 4 aromatic carbocycles. The number of carbonyl (C=O) groups is 2. The molecule has 5 rings (SSSR count). The molecule has 174 valence electrons. The fraction of sp³-hybridized carbons (Fsp3) is 0.111. The number of Topliss-reactive ketones (excluding diaryl/α,β-unsaturated/α-hetero) is 1. The minimum absolute atomic E-state index is 0.0384. The van der Waals surface area contributed by atoms with Crippen LogP contribution in [0, 0.1) is 10.1 Å². The van der Waals surface area contributed by atoms with E-state index < -0.39 is 28.6 Å². The molecule has 1 amide bonds. The van der Waals surface area contributed by atoms with Gasteiger partial charge in [-0.15, -0.1) is 0 Å². The van der Waals surface area contributed by atoms with Crippen molar-refractivity contribution >= 4 is 45.4 Å². The number of hydrogen-bond acceptors (Lipinski definition) is 5. The molecule has 0 spiro atoms. The minimum Gasteiger partial charge on any atom is -0.375 e. The average molecular weight is 487 g/mol. The molecule has 0 aromatic heterocycles. The van der Waals surface area contributed by atoms with Gasteiger partial charge in [-0.3, -0.25) is 19.7 Å². The van der Waals surface area contributed by atoms with Gasteiger partial charge in [0.15, 0.2) is 11.4 Å². The van der Waals surface area contributed by atoms with Crippen LogP contribution in [-0.4, -0.2) is 21.7 Å². The lowest BCUT2D eigenvalue weighted by Crippen LogP contribution is -2.41. The molecule has 1 atom stereocenters. The number of ketones is 1. The van der Waals surface area contributed by atoms with Crippen LogP contribution in [0.4, 0.5) is 11.4 Å². The zero-order valence-electron chi connectivity index (χ0n) is 18.3. The van der Waals surface area contributed by atoms with Crippen molar-refractivity contribution in [1.29, 1.82) is 0 Å². The smallest absolute Gasteiger partial charge is 0.270 e. The van der Waals surface area contributed by atoms with E-state index in [4.69, 9.17) is 11.6 Å². The van der Waals surface area contributed by atoms with Crippen molar-refractivity contribution in [3.8, 4) is 0 Å². The fourth-order valence-electron chi connectivity index (χ4n) is 4.58. The Morgan fingerprint density at radius 2 is 1.74 bits per heavy atom. The summed E-state index contributed by atoms with van der Waals surface area (Å²) in [6, 6.07) is 23.6. The highest BCUT2D eigenvalue weighted by Crippen LogP contribution is 2.45. The molecule has 1 aliphatic rings. The Kier molecular flexibility index (Phi) is 5.59. The van der Waals surface area contributed by atoms with Crippen LogP contribution >= 0.6 is 11.6 Å². The van der Waals surface area contributed by atoms with Gasteiger partial charge in [0, 0.05) is 28.3 Å². The van der Waals surface area contributed by atoms with Gasteiger partial charge in [0.1, 0.15) is 0 Å². The Labute approximate surface area is 205 Å². The number of halogens is 1. The SMILES string of the molecule is O=C(CC1(O)C(=O)N(Cc2cccc3ccccc23)c2ccc(Cl)cc21)c1cccc([N+](=O)[O-])c1. The van der Waals surface area contributed by atoms with Gasteiger partial charge < -0.3 is 10.0 Å². The van der Waals surface area contributed by atoms with Gasteiger partial charge in [0.2, 0.25) is 0 Å². The van der Waals surface area contributed by atoms with Crippen LogP contribution in [0.3, 0.4) is 0 Å². The molecule has 1 unspecified atom stereocenters. The van der Waals surface area contributed by atoms with Crippen LogP contribution in [0.25, 0.3) is 10.8 Å². The first-order chi connectivity index (χ1) is 16.8. The van der Waals surface area contributed by atoms with Gasteiger partial charge in [-0.1, -0.05) is 66.2 Å². The molecule has 1 aliphatic heterocycles. The number of fused-ring (bicyclic) bond motifs is 2. The Balaban J connectivity index is 1.53. The summed E-state index contributed by atoms with van der Waals surface area (Å²) >= 11 is 6.19. The highest BCUT2D eigenvalue weighted by Gasteiger charge is 2.51. The number of aliphatic hydroxyl groups is 1. The quantitative estimate of drug-likeness (QED) is 0.223. The van der Waals surface area contributed by atoms with Crippen molar-refractivity contribution in [2.45, 2.75) is 18.6 Å². The number of nitrogens with zero attached hydrogens (tertiary/aromatic N) is 2. The first-order valence-corrected chi connectivity index (χ1v) is 11.2. The van der Waals surface area contributed by atoms with Crippen LogP contribution in [0.5, 0.6) is 0 Å². The highest BCUT2D eigenvalue weighted by molar-refractivity contribution is 6.31. The van der Waals surface area contributed by atoms with Gasteiger partial charge in [-0.05, 0) is 34.5 Å². The Bertz CT molecular complexity index is 1510. The number of carbonyl (C=O) groups excluding carboxylic acids is 2. The van der Waals surface area contributed by atoms with Gasteiger partial charge in [-0.25, -0.2) is 0 Å². The molecule has 1 N–H and O–H groups in total. The van der Waals surface area contributed by atoms with E-state index >= 15 is 0 Å². The predicted octanol–water partition coefficient (Wildman–Crippen LogP) is 5.41. The summed E-state index contributed by atoms with van der Waals surface area (Å²) in [5, 5.41) is 25.0. The number of anilines is 1. The molecule has 1 heterocycles. The van der Waals surface area contributed by atoms with Crippen molar-refractivity contribution in [3.05, 3.63) is 117 Å². The van der Waals surface area contributed by atoms with E-state index in [9.17, 15) is 24.8 Å². The average Bonchev–Trinajstić information content (AvgIpc) is 3.05. The molecule has 0 radical (unpaired) electrons. The summed E-state index contributed by atoms with van der Waals surface area (Å²) in [5.41, 5.74) is -0.799. The number of rotatable bonds is 6. The van der Waals surface area contributed by atoms with Crippen molar-refractivity contribution < 1.29 is 19.6 Å². The second-order valence-electron chi connectivity index (χ2n) is 8.46. The van der Waals surface area contributed by atoms with Gasteiger partial charge in [0.25, 0.3) is 11.6 Å². The van der Waals surface area contributed by atoms with Crippen LogP contribution in [0.15, 0.2) is 84.9 Å². The van der Waals surface area contributed by atoms with E-state index in [1.165, 1.54) is 29.2 Å². The van der Waals surface area contributed by atoms with Crippen molar-refractivity contribution in [1.82, 2.24) is 0 Å². The summed E-state index contributed by atoms with van der Waals surface area (Å²) in [5.74, 6) is -1.25. The van der Waals surface area contributed by atoms with E-state index in [2.05, 4.69) is 0 Å². The summed E-state index contributed by atoms with van der Waals surface area (Å²) < 4.78 is 0. The summed E-state index contributed by atoms with van der Waals surface area (Å²) in [4.78, 5) is 38.7. The standard InChI is InChI=1S/C27H19ClN2O5/c28-20-11-12-24-23(14-20)27(33,15-25(31)18-7-4-9-21(13-18)30(34)35)26(32)29(24)16-19-8-3-6-17-5-1-2-10-22(17)19/h1-14,33H,15-16H2. The van der Waals surface area contributed by atoms with Crippen LogP contribution in [-0.2, 0) is 16.9 Å². The largest absolute Gasteiger partial charge is 0.375 e. The molecule has 0 fully saturated rings. The number of nitro benzene ring substituents is 1. The van der Waals surface area contributed by atoms with E-state index in [1.807, 2.05) is 42.5 Å². The molecular weight excluding hydrogens is 468 g/mol. The highest BCUT2D eigenvalue weighted by atomic mass is 35.5. The minimum atomic E-state index is -2.16. The van der Waals surface area contributed by atoms with Gasteiger partial charge in [-0.2, -0.15) is 0 Å². The molecule has 0 saturated carbocycles. The van der Waals surface area contributed by atoms with Crippen LogP contribution in [0.2, 0.25) is 5.02 Å². The Morgan fingerprint density at radius 1 is 1.00 bits per heavy atom. The van der Waals surface area contributed by atoms with Gasteiger partial charge in [0.05, 0.1) is 23.6 Å². The predicted molar refractivity (Wildman–Crippen MR) is 133 cm³/mol. The topological polar surface area (TPSA) is 101 Å². The van der Waals surface area contributed by atoms with Crippen LogP contribution in [0.1, 0.15) is 27.9 Å². The lowest BCUT2D eigenvalue weighted by atomic mass is 9.88. The lowest BCUT2D eigenvalue weighted by molar-refractivity contribution is -0.384. The molecule has 4 aromatic rings. The maximum atomic E-state index is 13.7. The fourth-order valence-corrected chi connectivity index (χ4v) is 4.75. The van der Waals surface area contributed by atoms with Crippen LogP contribution < -0.4 is 4.90 Å². The van der Waals surface area contributed by atoms with Crippen molar-refractivity contribution in [2.75, 3.05) is 4.90 Å². The second kappa shape index (κ2) is 8.61. The van der Waals surface area contributed by atoms with Gasteiger partial charge >= 0.3 is 0 Å². The number of non-ortho nitro benzene ring substituents is 1. The maximum Gasteiger partial charge on any atom is 0.270 e. The third-order valence-electron chi connectivity index (χ3n) is 6.30. The van der Waals surface area contributed by atoms with Crippen molar-refractivity contribution in [2.24, 2.45) is 0 Å². The molecular formula is C27H19ClN2O5. The number of amides is 1. The summed E-state index contributed by atoms with van der Waals surface area (Å²) in [7, 11) is 0. The first-order valence-electron chi connectivity index (χ1n) is 10.9.